The normalized spacial score (nSPS) is 10.0. The van der Waals surface area contributed by atoms with Gasteiger partial charge in [-0.2, -0.15) is 0 Å². The third-order valence-electron chi connectivity index (χ3n) is 0.354. The first-order valence-corrected chi connectivity index (χ1v) is 3.07. The summed E-state index contributed by atoms with van der Waals surface area (Å²) in [7, 11) is -3.91. The van der Waals surface area contributed by atoms with Crippen molar-refractivity contribution in [3.8, 4) is 0 Å². The van der Waals surface area contributed by atoms with Crippen molar-refractivity contribution in [2.24, 2.45) is 0 Å². The van der Waals surface area contributed by atoms with E-state index in [0.29, 0.717) is 0 Å². The molecule has 0 heterocycles. The molecule has 0 rings (SSSR count). The van der Waals surface area contributed by atoms with Crippen molar-refractivity contribution in [2.75, 3.05) is 5.75 Å². The fourth-order valence-corrected chi connectivity index (χ4v) is 0. The third-order valence-corrected chi connectivity index (χ3v) is 1.06. The molecule has 0 aromatic carbocycles. The van der Waals surface area contributed by atoms with Crippen LogP contribution in [0.3, 0.4) is 0 Å². The summed E-state index contributed by atoms with van der Waals surface area (Å²) in [6, 6.07) is 0. The molecule has 0 aromatic rings. The fraction of sp³-hybridized carbons (Fsp3) is 1.00. The molecule has 5 heteroatoms. The van der Waals surface area contributed by atoms with Crippen LogP contribution in [0.15, 0.2) is 0 Å². The van der Waals surface area contributed by atoms with Crippen LogP contribution in [0, 0.1) is 0 Å². The first-order valence-electron chi connectivity index (χ1n) is 1.50. The molecule has 0 spiro atoms. The molecule has 7 heavy (non-hydrogen) atoms. The SMILES string of the molecule is CCS(=O)(=O)[O-].[Rb+]. The first-order chi connectivity index (χ1) is 2.56. The molecular formula is C2H5O3RbS. The zero-order valence-electron chi connectivity index (χ0n) is 4.34. The summed E-state index contributed by atoms with van der Waals surface area (Å²) in [6.45, 7) is 1.31. The average Bonchev–Trinajstić information content (AvgIpc) is 1.35. The van der Waals surface area contributed by atoms with Crippen LogP contribution >= 0.6 is 0 Å². The van der Waals surface area contributed by atoms with Crippen LogP contribution in [0.1, 0.15) is 6.92 Å². The molecule has 3 nitrogen and oxygen atoms in total. The van der Waals surface area contributed by atoms with Crippen LogP contribution in [0.2, 0.25) is 0 Å². The minimum atomic E-state index is -3.91. The standard InChI is InChI=1S/C2H6O3S.Rb/c1-2-6(3,4)5;/h2H2,1H3,(H,3,4,5);/q;+1/p-1. The summed E-state index contributed by atoms with van der Waals surface area (Å²) in [5, 5.41) is 0. The van der Waals surface area contributed by atoms with E-state index in [2.05, 4.69) is 0 Å². The molecule has 0 atom stereocenters. The van der Waals surface area contributed by atoms with Gasteiger partial charge in [0.1, 0.15) is 0 Å². The van der Waals surface area contributed by atoms with Crippen molar-refractivity contribution in [1.29, 1.82) is 0 Å². The van der Waals surface area contributed by atoms with Gasteiger partial charge in [0.05, 0.1) is 10.1 Å². The Morgan fingerprint density at radius 3 is 1.71 bits per heavy atom. The summed E-state index contributed by atoms with van der Waals surface area (Å²) < 4.78 is 28.3. The van der Waals surface area contributed by atoms with E-state index in [1.165, 1.54) is 6.92 Å². The van der Waals surface area contributed by atoms with Crippen LogP contribution in [0.25, 0.3) is 0 Å². The van der Waals surface area contributed by atoms with Gasteiger partial charge < -0.3 is 4.55 Å². The first kappa shape index (κ1) is 11.5. The van der Waals surface area contributed by atoms with Gasteiger partial charge in [0.25, 0.3) is 0 Å². The van der Waals surface area contributed by atoms with Crippen LogP contribution in [0.5, 0.6) is 0 Å². The van der Waals surface area contributed by atoms with Gasteiger partial charge in [-0.1, -0.05) is 6.92 Å². The van der Waals surface area contributed by atoms with Gasteiger partial charge in [0.15, 0.2) is 0 Å². The van der Waals surface area contributed by atoms with E-state index in [1.54, 1.807) is 0 Å². The summed E-state index contributed by atoms with van der Waals surface area (Å²) in [4.78, 5) is 0. The van der Waals surface area contributed by atoms with Gasteiger partial charge >= 0.3 is 58.2 Å². The maximum absolute atomic E-state index is 9.44. The van der Waals surface area contributed by atoms with E-state index >= 15 is 0 Å². The molecule has 0 saturated heterocycles. The smallest absolute Gasteiger partial charge is 0.748 e. The Labute approximate surface area is 92.0 Å². The van der Waals surface area contributed by atoms with Gasteiger partial charge in [0, 0.05) is 5.75 Å². The summed E-state index contributed by atoms with van der Waals surface area (Å²) in [5.74, 6) is -0.312. The minimum absolute atomic E-state index is 0. The van der Waals surface area contributed by atoms with Crippen molar-refractivity contribution < 1.29 is 71.2 Å². The van der Waals surface area contributed by atoms with E-state index in [0.717, 1.165) is 0 Å². The van der Waals surface area contributed by atoms with Crippen LogP contribution < -0.4 is 58.2 Å². The second kappa shape index (κ2) is 4.58. The summed E-state index contributed by atoms with van der Waals surface area (Å²) in [5.41, 5.74) is 0. The molecule has 0 aliphatic rings. The molecule has 0 aliphatic heterocycles. The van der Waals surface area contributed by atoms with Crippen LogP contribution in [-0.2, 0) is 10.1 Å². The fourth-order valence-electron chi connectivity index (χ4n) is 0. The Morgan fingerprint density at radius 2 is 1.71 bits per heavy atom. The van der Waals surface area contributed by atoms with E-state index in [4.69, 9.17) is 0 Å². The number of rotatable bonds is 1. The van der Waals surface area contributed by atoms with E-state index in [-0.39, 0.29) is 63.9 Å². The van der Waals surface area contributed by atoms with Gasteiger partial charge in [0.2, 0.25) is 0 Å². The van der Waals surface area contributed by atoms with E-state index < -0.39 is 10.1 Å². The molecule has 38 valence electrons. The second-order valence-corrected chi connectivity index (χ2v) is 2.54. The molecular weight excluding hydrogens is 190 g/mol. The van der Waals surface area contributed by atoms with Gasteiger partial charge in [-0.15, -0.1) is 0 Å². The third kappa shape index (κ3) is 11.3. The summed E-state index contributed by atoms with van der Waals surface area (Å²) in [6.07, 6.45) is 0. The predicted molar refractivity (Wildman–Crippen MR) is 20.2 cm³/mol. The monoisotopic (exact) mass is 194 g/mol. The number of hydrogen-bond donors (Lipinski definition) is 0. The molecule has 0 bridgehead atoms. The quantitative estimate of drug-likeness (QED) is 0.408. The Morgan fingerprint density at radius 1 is 1.57 bits per heavy atom. The zero-order chi connectivity index (χ0) is 5.21. The zero-order valence-corrected chi connectivity index (χ0v) is 10.1. The Balaban J connectivity index is 0. The molecule has 0 radical (unpaired) electrons. The molecule has 0 amide bonds. The Bertz CT molecular complexity index is 115. The molecule has 0 aromatic heterocycles. The minimum Gasteiger partial charge on any atom is -0.748 e. The maximum Gasteiger partial charge on any atom is 1.00 e. The summed E-state index contributed by atoms with van der Waals surface area (Å²) >= 11 is 0. The molecule has 0 fully saturated rings. The molecule has 0 unspecified atom stereocenters. The van der Waals surface area contributed by atoms with Crippen molar-refractivity contribution in [1.82, 2.24) is 0 Å². The largest absolute Gasteiger partial charge is 1.00 e. The second-order valence-electron chi connectivity index (χ2n) is 0.846. The van der Waals surface area contributed by atoms with E-state index in [9.17, 15) is 13.0 Å². The predicted octanol–water partition coefficient (Wildman–Crippen LogP) is -3.44. The molecule has 0 saturated carbocycles. The van der Waals surface area contributed by atoms with Crippen LogP contribution in [-0.4, -0.2) is 18.7 Å². The molecule has 0 aliphatic carbocycles. The van der Waals surface area contributed by atoms with Gasteiger partial charge in [-0.05, 0) is 0 Å². The van der Waals surface area contributed by atoms with Crippen molar-refractivity contribution >= 4 is 10.1 Å². The average molecular weight is 195 g/mol. The number of hydrogen-bond acceptors (Lipinski definition) is 3. The van der Waals surface area contributed by atoms with Crippen molar-refractivity contribution in [3.63, 3.8) is 0 Å². The Kier molecular flexibility index (Phi) is 7.53. The van der Waals surface area contributed by atoms with Gasteiger partial charge in [-0.25, -0.2) is 8.42 Å². The van der Waals surface area contributed by atoms with E-state index in [1.807, 2.05) is 0 Å². The van der Waals surface area contributed by atoms with Crippen molar-refractivity contribution in [2.45, 2.75) is 6.92 Å². The molecule has 0 N–H and O–H groups in total. The van der Waals surface area contributed by atoms with Crippen LogP contribution in [0.4, 0.5) is 0 Å². The topological polar surface area (TPSA) is 57.2 Å². The maximum atomic E-state index is 9.44. The van der Waals surface area contributed by atoms with Crippen molar-refractivity contribution in [3.05, 3.63) is 0 Å². The Hall–Kier alpha value is 1.72. The van der Waals surface area contributed by atoms with Gasteiger partial charge in [-0.3, -0.25) is 0 Å².